The summed E-state index contributed by atoms with van der Waals surface area (Å²) in [5.41, 5.74) is 1.57. The van der Waals surface area contributed by atoms with Gasteiger partial charge in [-0.2, -0.15) is 0 Å². The Bertz CT molecular complexity index is 296. The molecule has 0 radical (unpaired) electrons. The minimum atomic E-state index is 0.179. The van der Waals surface area contributed by atoms with Crippen LogP contribution in [0, 0.1) is 0 Å². The molecule has 0 saturated carbocycles. The summed E-state index contributed by atoms with van der Waals surface area (Å²) < 4.78 is 5.42. The maximum atomic E-state index is 5.42. The van der Waals surface area contributed by atoms with Crippen molar-refractivity contribution in [3.8, 4) is 0 Å². The Morgan fingerprint density at radius 3 is 2.29 bits per heavy atom. The number of hydrogen-bond donors (Lipinski definition) is 0. The molecule has 1 rings (SSSR count). The van der Waals surface area contributed by atoms with Gasteiger partial charge in [0, 0.05) is 29.3 Å². The summed E-state index contributed by atoms with van der Waals surface area (Å²) in [7, 11) is 0. The first kappa shape index (κ1) is 15.2. The van der Waals surface area contributed by atoms with Gasteiger partial charge < -0.3 is 4.74 Å². The van der Waals surface area contributed by atoms with E-state index in [1.165, 1.54) is 5.56 Å². The van der Waals surface area contributed by atoms with E-state index in [-0.39, 0.29) is 5.41 Å². The fourth-order valence-electron chi connectivity index (χ4n) is 1.92. The molecular weight excluding hydrogens is 344 g/mol. The number of hydrogen-bond acceptors (Lipinski definition) is 1. The van der Waals surface area contributed by atoms with Gasteiger partial charge >= 0.3 is 0 Å². The second kappa shape index (κ2) is 8.28. The van der Waals surface area contributed by atoms with Gasteiger partial charge in [-0.25, -0.2) is 0 Å². The van der Waals surface area contributed by atoms with Crippen molar-refractivity contribution in [2.75, 3.05) is 23.9 Å². The van der Waals surface area contributed by atoms with E-state index in [1.54, 1.807) is 0 Å². The van der Waals surface area contributed by atoms with Crippen molar-refractivity contribution in [1.82, 2.24) is 0 Å². The SMILES string of the molecule is CCOCCCC(CBr)(CBr)c1ccccc1. The molecule has 0 N–H and O–H groups in total. The van der Waals surface area contributed by atoms with Crippen LogP contribution in [0.1, 0.15) is 25.3 Å². The molecule has 0 bridgehead atoms. The molecular formula is C14H20Br2O. The van der Waals surface area contributed by atoms with E-state index in [4.69, 9.17) is 4.74 Å². The minimum absolute atomic E-state index is 0.179. The number of rotatable bonds is 8. The fraction of sp³-hybridized carbons (Fsp3) is 0.571. The summed E-state index contributed by atoms with van der Waals surface area (Å²) in [5.74, 6) is 0. The average Bonchev–Trinajstić information content (AvgIpc) is 2.41. The van der Waals surface area contributed by atoms with E-state index in [2.05, 4.69) is 62.2 Å². The predicted octanol–water partition coefficient (Wildman–Crippen LogP) is 4.53. The summed E-state index contributed by atoms with van der Waals surface area (Å²) in [6.45, 7) is 3.70. The summed E-state index contributed by atoms with van der Waals surface area (Å²) >= 11 is 7.34. The van der Waals surface area contributed by atoms with Crippen LogP contribution in [0.3, 0.4) is 0 Å². The molecule has 1 nitrogen and oxygen atoms in total. The van der Waals surface area contributed by atoms with E-state index in [1.807, 2.05) is 6.92 Å². The van der Waals surface area contributed by atoms with Crippen LogP contribution in [0.4, 0.5) is 0 Å². The van der Waals surface area contributed by atoms with E-state index in [9.17, 15) is 0 Å². The van der Waals surface area contributed by atoms with Crippen LogP contribution >= 0.6 is 31.9 Å². The first-order chi connectivity index (χ1) is 8.29. The first-order valence-electron chi connectivity index (χ1n) is 6.04. The third-order valence-corrected chi connectivity index (χ3v) is 5.19. The Morgan fingerprint density at radius 2 is 1.76 bits per heavy atom. The van der Waals surface area contributed by atoms with E-state index in [0.717, 1.165) is 36.7 Å². The molecule has 0 spiro atoms. The van der Waals surface area contributed by atoms with Crippen molar-refractivity contribution in [1.29, 1.82) is 0 Å². The summed E-state index contributed by atoms with van der Waals surface area (Å²) in [4.78, 5) is 0. The molecule has 1 aromatic carbocycles. The largest absolute Gasteiger partial charge is 0.382 e. The van der Waals surface area contributed by atoms with E-state index < -0.39 is 0 Å². The van der Waals surface area contributed by atoms with Crippen LogP contribution in [0.25, 0.3) is 0 Å². The fourth-order valence-corrected chi connectivity index (χ4v) is 4.05. The highest BCUT2D eigenvalue weighted by Crippen LogP contribution is 2.33. The lowest BCUT2D eigenvalue weighted by Gasteiger charge is -2.30. The summed E-state index contributed by atoms with van der Waals surface area (Å²) in [6.07, 6.45) is 2.23. The summed E-state index contributed by atoms with van der Waals surface area (Å²) in [5, 5.41) is 1.95. The van der Waals surface area contributed by atoms with Gasteiger partial charge in [0.2, 0.25) is 0 Å². The Morgan fingerprint density at radius 1 is 1.12 bits per heavy atom. The van der Waals surface area contributed by atoms with Crippen molar-refractivity contribution >= 4 is 31.9 Å². The highest BCUT2D eigenvalue weighted by molar-refractivity contribution is 9.09. The zero-order valence-corrected chi connectivity index (χ0v) is 13.5. The third-order valence-electron chi connectivity index (χ3n) is 3.05. The molecule has 0 saturated heterocycles. The monoisotopic (exact) mass is 362 g/mol. The number of benzene rings is 1. The molecule has 96 valence electrons. The molecule has 0 unspecified atom stereocenters. The van der Waals surface area contributed by atoms with Crippen LogP contribution in [0.5, 0.6) is 0 Å². The third kappa shape index (κ3) is 4.38. The molecule has 0 aliphatic heterocycles. The summed E-state index contributed by atoms with van der Waals surface area (Å²) in [6, 6.07) is 10.7. The smallest absolute Gasteiger partial charge is 0.0466 e. The number of ether oxygens (including phenoxy) is 1. The first-order valence-corrected chi connectivity index (χ1v) is 8.28. The average molecular weight is 364 g/mol. The van der Waals surface area contributed by atoms with Crippen molar-refractivity contribution in [3.63, 3.8) is 0 Å². The minimum Gasteiger partial charge on any atom is -0.382 e. The van der Waals surface area contributed by atoms with Crippen LogP contribution in [0.2, 0.25) is 0 Å². The van der Waals surface area contributed by atoms with Gasteiger partial charge in [0.05, 0.1) is 0 Å². The number of halogens is 2. The van der Waals surface area contributed by atoms with Crippen LogP contribution in [-0.4, -0.2) is 23.9 Å². The highest BCUT2D eigenvalue weighted by atomic mass is 79.9. The van der Waals surface area contributed by atoms with Crippen LogP contribution in [0.15, 0.2) is 30.3 Å². The van der Waals surface area contributed by atoms with Crippen molar-refractivity contribution < 1.29 is 4.74 Å². The Kier molecular flexibility index (Phi) is 7.40. The molecule has 0 amide bonds. The van der Waals surface area contributed by atoms with Gasteiger partial charge in [-0.15, -0.1) is 0 Å². The quantitative estimate of drug-likeness (QED) is 0.487. The lowest BCUT2D eigenvalue weighted by molar-refractivity contribution is 0.139. The van der Waals surface area contributed by atoms with Crippen molar-refractivity contribution in [2.45, 2.75) is 25.2 Å². The Labute approximate surface area is 121 Å². The van der Waals surface area contributed by atoms with Gasteiger partial charge in [0.25, 0.3) is 0 Å². The lowest BCUT2D eigenvalue weighted by Crippen LogP contribution is -2.30. The lowest BCUT2D eigenvalue weighted by atomic mass is 9.80. The highest BCUT2D eigenvalue weighted by Gasteiger charge is 2.29. The zero-order valence-electron chi connectivity index (χ0n) is 10.3. The molecule has 0 aromatic heterocycles. The molecule has 1 aromatic rings. The topological polar surface area (TPSA) is 9.23 Å². The predicted molar refractivity (Wildman–Crippen MR) is 81.4 cm³/mol. The Balaban J connectivity index is 2.68. The van der Waals surface area contributed by atoms with E-state index in [0.29, 0.717) is 0 Å². The van der Waals surface area contributed by atoms with Gasteiger partial charge in [-0.1, -0.05) is 62.2 Å². The molecule has 0 heterocycles. The molecule has 0 atom stereocenters. The molecule has 17 heavy (non-hydrogen) atoms. The van der Waals surface area contributed by atoms with Gasteiger partial charge in [0.1, 0.15) is 0 Å². The molecule has 0 fully saturated rings. The van der Waals surface area contributed by atoms with Gasteiger partial charge in [-0.3, -0.25) is 0 Å². The second-order valence-corrected chi connectivity index (χ2v) is 5.34. The van der Waals surface area contributed by atoms with E-state index >= 15 is 0 Å². The number of alkyl halides is 2. The maximum absolute atomic E-state index is 5.42. The van der Waals surface area contributed by atoms with Gasteiger partial charge in [0.15, 0.2) is 0 Å². The van der Waals surface area contributed by atoms with Crippen molar-refractivity contribution in [3.05, 3.63) is 35.9 Å². The van der Waals surface area contributed by atoms with Gasteiger partial charge in [-0.05, 0) is 25.3 Å². The molecule has 0 aliphatic carbocycles. The second-order valence-electron chi connectivity index (χ2n) is 4.21. The van der Waals surface area contributed by atoms with Crippen LogP contribution < -0.4 is 0 Å². The van der Waals surface area contributed by atoms with Crippen molar-refractivity contribution in [2.24, 2.45) is 0 Å². The molecule has 3 heteroatoms. The van der Waals surface area contributed by atoms with Crippen LogP contribution in [-0.2, 0) is 10.2 Å². The normalized spacial score (nSPS) is 11.7. The zero-order chi connectivity index (χ0) is 12.6. The molecule has 0 aliphatic rings. The Hall–Kier alpha value is 0.140. The maximum Gasteiger partial charge on any atom is 0.0466 e. The standard InChI is InChI=1S/C14H20Br2O/c1-2-17-10-6-9-14(11-15,12-16)13-7-4-3-5-8-13/h3-5,7-8H,2,6,9-12H2,1H3.